The monoisotopic (exact) mass is 547 g/mol. The zero-order chi connectivity index (χ0) is 25.0. The highest BCUT2D eigenvalue weighted by molar-refractivity contribution is 9.10. The number of hydrogen-bond donors (Lipinski definition) is 4. The van der Waals surface area contributed by atoms with Gasteiger partial charge in [-0.1, -0.05) is 15.9 Å². The lowest BCUT2D eigenvalue weighted by Gasteiger charge is -2.43. The van der Waals surface area contributed by atoms with Gasteiger partial charge in [-0.15, -0.1) is 0 Å². The molecule has 4 rings (SSSR count). The largest absolute Gasteiger partial charge is 0.497 e. The summed E-state index contributed by atoms with van der Waals surface area (Å²) in [4.78, 5) is 29.5. The summed E-state index contributed by atoms with van der Waals surface area (Å²) >= 11 is 3.42. The highest BCUT2D eigenvalue weighted by atomic mass is 79.9. The second kappa shape index (κ2) is 10.8. The Morgan fingerprint density at radius 3 is 2.66 bits per heavy atom. The van der Waals surface area contributed by atoms with Gasteiger partial charge in [0.05, 0.1) is 45.2 Å². The van der Waals surface area contributed by atoms with Gasteiger partial charge >= 0.3 is 6.03 Å². The molecule has 1 unspecified atom stereocenters. The molecule has 0 aromatic heterocycles. The number of amides is 3. The fourth-order valence-electron chi connectivity index (χ4n) is 4.79. The number of anilines is 2. The van der Waals surface area contributed by atoms with Crippen molar-refractivity contribution in [3.63, 3.8) is 0 Å². The number of fused-ring (bicyclic) bond motifs is 1. The van der Waals surface area contributed by atoms with Gasteiger partial charge in [0.1, 0.15) is 11.5 Å². The van der Waals surface area contributed by atoms with Crippen LogP contribution in [-0.2, 0) is 10.5 Å². The van der Waals surface area contributed by atoms with Gasteiger partial charge in [0.25, 0.3) is 11.6 Å². The second-order valence-corrected chi connectivity index (χ2v) is 9.75. The lowest BCUT2D eigenvalue weighted by atomic mass is 9.94. The highest BCUT2D eigenvalue weighted by Gasteiger charge is 2.52. The van der Waals surface area contributed by atoms with E-state index in [9.17, 15) is 14.7 Å². The van der Waals surface area contributed by atoms with Crippen molar-refractivity contribution in [2.24, 2.45) is 0 Å². The van der Waals surface area contributed by atoms with Gasteiger partial charge in [0, 0.05) is 29.1 Å². The Hall–Kier alpha value is -2.82. The number of methoxy groups -OCH3 is 2. The summed E-state index contributed by atoms with van der Waals surface area (Å²) in [6.45, 7) is 3.66. The average Bonchev–Trinajstić information content (AvgIpc) is 2.87. The van der Waals surface area contributed by atoms with Crippen LogP contribution in [0.3, 0.4) is 0 Å². The van der Waals surface area contributed by atoms with E-state index in [0.29, 0.717) is 22.5 Å². The fourth-order valence-corrected chi connectivity index (χ4v) is 5.16. The highest BCUT2D eigenvalue weighted by Crippen LogP contribution is 2.44. The summed E-state index contributed by atoms with van der Waals surface area (Å²) in [6, 6.07) is 9.19. The van der Waals surface area contributed by atoms with Crippen molar-refractivity contribution in [2.45, 2.75) is 31.4 Å². The molecule has 1 saturated heterocycles. The number of hydrogen-bond acceptors (Lipinski definition) is 5. The minimum atomic E-state index is -2.30. The third-order valence-electron chi connectivity index (χ3n) is 6.62. The molecule has 4 N–H and O–H groups in total. The minimum Gasteiger partial charge on any atom is -0.497 e. The van der Waals surface area contributed by atoms with Crippen LogP contribution in [0, 0.1) is 0 Å². The summed E-state index contributed by atoms with van der Waals surface area (Å²) < 4.78 is 11.4. The number of urea groups is 1. The predicted octanol–water partition coefficient (Wildman–Crippen LogP) is 2.24. The number of carbonyl (C=O) groups is 2. The van der Waals surface area contributed by atoms with Gasteiger partial charge in [-0.05, 0) is 49.6 Å². The predicted molar refractivity (Wildman–Crippen MR) is 136 cm³/mol. The van der Waals surface area contributed by atoms with Crippen molar-refractivity contribution in [1.29, 1.82) is 0 Å². The maximum Gasteiger partial charge on any atom is 0.329 e. The van der Waals surface area contributed by atoms with E-state index in [2.05, 4.69) is 26.6 Å². The van der Waals surface area contributed by atoms with Crippen LogP contribution in [0.2, 0.25) is 0 Å². The molecule has 0 spiro atoms. The Bertz CT molecular complexity index is 1090. The first-order chi connectivity index (χ1) is 16.9. The van der Waals surface area contributed by atoms with Gasteiger partial charge < -0.3 is 30.1 Å². The van der Waals surface area contributed by atoms with Gasteiger partial charge in [-0.2, -0.15) is 0 Å². The number of halogens is 1. The lowest BCUT2D eigenvalue weighted by Crippen LogP contribution is -3.12. The number of carbonyl (C=O) groups excluding carboxylic acids is 2. The molecule has 0 saturated carbocycles. The Balaban J connectivity index is 1.66. The van der Waals surface area contributed by atoms with E-state index in [1.165, 1.54) is 33.5 Å². The number of benzene rings is 2. The maximum atomic E-state index is 13.6. The molecule has 9 nitrogen and oxygen atoms in total. The number of likely N-dealkylation sites (tertiary alicyclic amines) is 1. The third kappa shape index (κ3) is 5.10. The molecule has 3 amide bonds. The van der Waals surface area contributed by atoms with Crippen LogP contribution in [0.5, 0.6) is 11.5 Å². The molecule has 1 fully saturated rings. The van der Waals surface area contributed by atoms with Crippen LogP contribution >= 0.6 is 15.9 Å². The standard InChI is InChI=1S/C25H31BrN4O5/c1-34-18-8-10-21(22(16-18)35-2)30-24(32)28-20-9-7-17(26)15-19(20)25(30,33)23(31)27-11-6-14-29-12-4-3-5-13-29/h7-10,15-16,33H,3-6,11-14H2,1-2H3,(H,27,31)(H,28,32)/p+1. The van der Waals surface area contributed by atoms with Crippen molar-refractivity contribution in [2.75, 3.05) is 50.6 Å². The molecule has 2 aliphatic rings. The SMILES string of the molecule is COc1ccc(N2C(=O)Nc3ccc(Br)cc3C2(O)C(=O)NCCC[NH+]2CCCCC2)c(OC)c1. The molecule has 0 bridgehead atoms. The zero-order valence-corrected chi connectivity index (χ0v) is 21.6. The molecule has 2 aromatic rings. The number of quaternary nitrogens is 1. The maximum absolute atomic E-state index is 13.6. The van der Waals surface area contributed by atoms with E-state index < -0.39 is 17.7 Å². The van der Waals surface area contributed by atoms with Gasteiger partial charge in [0.2, 0.25) is 0 Å². The van der Waals surface area contributed by atoms with Crippen molar-refractivity contribution in [3.8, 4) is 11.5 Å². The van der Waals surface area contributed by atoms with Gasteiger partial charge in [0.15, 0.2) is 0 Å². The zero-order valence-electron chi connectivity index (χ0n) is 20.0. The van der Waals surface area contributed by atoms with Gasteiger partial charge in [-0.25, -0.2) is 9.69 Å². The molecule has 35 heavy (non-hydrogen) atoms. The number of aliphatic hydroxyl groups is 1. The van der Waals surface area contributed by atoms with Crippen LogP contribution in [-0.4, -0.2) is 57.4 Å². The first kappa shape index (κ1) is 25.3. The number of nitrogens with zero attached hydrogens (tertiary/aromatic N) is 1. The molecule has 0 aliphatic carbocycles. The van der Waals surface area contributed by atoms with E-state index in [4.69, 9.17) is 9.47 Å². The Morgan fingerprint density at radius 2 is 1.94 bits per heavy atom. The smallest absolute Gasteiger partial charge is 0.329 e. The van der Waals surface area contributed by atoms with Crippen LogP contribution in [0.4, 0.5) is 16.2 Å². The van der Waals surface area contributed by atoms with Gasteiger partial charge in [-0.3, -0.25) is 4.79 Å². The average molecular weight is 548 g/mol. The number of piperidine rings is 1. The molecule has 10 heteroatoms. The van der Waals surface area contributed by atoms with E-state index in [0.717, 1.165) is 31.0 Å². The van der Waals surface area contributed by atoms with Crippen LogP contribution < -0.4 is 29.9 Å². The number of nitrogens with one attached hydrogen (secondary N) is 3. The lowest BCUT2D eigenvalue weighted by molar-refractivity contribution is -0.905. The summed E-state index contributed by atoms with van der Waals surface area (Å²) in [5, 5.41) is 17.7. The summed E-state index contributed by atoms with van der Waals surface area (Å²) in [7, 11) is 2.97. The minimum absolute atomic E-state index is 0.229. The number of rotatable bonds is 8. The molecule has 1 atom stereocenters. The van der Waals surface area contributed by atoms with E-state index in [-0.39, 0.29) is 17.0 Å². The Labute approximate surface area is 213 Å². The molecule has 2 aromatic carbocycles. The second-order valence-electron chi connectivity index (χ2n) is 8.84. The molecular formula is C25H32BrN4O5+. The van der Waals surface area contributed by atoms with Crippen LogP contribution in [0.1, 0.15) is 31.2 Å². The normalized spacial score (nSPS) is 20.1. The topological polar surface area (TPSA) is 105 Å². The summed E-state index contributed by atoms with van der Waals surface area (Å²) in [6.07, 6.45) is 4.54. The van der Waals surface area contributed by atoms with Crippen molar-refractivity contribution < 1.29 is 29.1 Å². The third-order valence-corrected chi connectivity index (χ3v) is 7.12. The molecule has 0 radical (unpaired) electrons. The molecule has 2 heterocycles. The van der Waals surface area contributed by atoms with Crippen LogP contribution in [0.15, 0.2) is 40.9 Å². The molecular weight excluding hydrogens is 516 g/mol. The Kier molecular flexibility index (Phi) is 7.83. The van der Waals surface area contributed by atoms with E-state index in [1.807, 2.05) is 0 Å². The fraction of sp³-hybridized carbons (Fsp3) is 0.440. The number of ether oxygens (including phenoxy) is 2. The van der Waals surface area contributed by atoms with Crippen molar-refractivity contribution in [3.05, 3.63) is 46.4 Å². The summed E-state index contributed by atoms with van der Waals surface area (Å²) in [5.41, 5.74) is -1.46. The molecule has 2 aliphatic heterocycles. The first-order valence-corrected chi connectivity index (χ1v) is 12.6. The van der Waals surface area contributed by atoms with Crippen LogP contribution in [0.25, 0.3) is 0 Å². The van der Waals surface area contributed by atoms with Crippen molar-refractivity contribution >= 4 is 39.2 Å². The van der Waals surface area contributed by atoms with E-state index in [1.54, 1.807) is 41.3 Å². The first-order valence-electron chi connectivity index (χ1n) is 11.9. The molecule has 188 valence electrons. The van der Waals surface area contributed by atoms with Crippen molar-refractivity contribution in [1.82, 2.24) is 5.32 Å². The Morgan fingerprint density at radius 1 is 1.17 bits per heavy atom. The van der Waals surface area contributed by atoms with E-state index >= 15 is 0 Å². The summed E-state index contributed by atoms with van der Waals surface area (Å²) in [5.74, 6) is 0.107. The quantitative estimate of drug-likeness (QED) is 0.379.